The van der Waals surface area contributed by atoms with E-state index in [-0.39, 0.29) is 18.1 Å². The third kappa shape index (κ3) is 3.09. The Morgan fingerprint density at radius 1 is 1.44 bits per heavy atom. The molecule has 0 bridgehead atoms. The Labute approximate surface area is 148 Å². The molecule has 1 unspecified atom stereocenters. The van der Waals surface area contributed by atoms with E-state index in [4.69, 9.17) is 4.74 Å². The summed E-state index contributed by atoms with van der Waals surface area (Å²) in [4.78, 5) is 30.2. The average molecular weight is 354 g/mol. The summed E-state index contributed by atoms with van der Waals surface area (Å²) in [6.45, 7) is 2.24. The van der Waals surface area contributed by atoms with Gasteiger partial charge in [-0.3, -0.25) is 9.20 Å². The smallest absolute Gasteiger partial charge is 0.339 e. The van der Waals surface area contributed by atoms with E-state index < -0.39 is 0 Å². The molecule has 6 heteroatoms. The van der Waals surface area contributed by atoms with Gasteiger partial charge >= 0.3 is 5.97 Å². The van der Waals surface area contributed by atoms with Gasteiger partial charge in [-0.05, 0) is 42.9 Å². The Balaban J connectivity index is 1.52. The van der Waals surface area contributed by atoms with Crippen LogP contribution in [0.1, 0.15) is 39.8 Å². The summed E-state index contributed by atoms with van der Waals surface area (Å²) in [7, 11) is 0. The largest absolute Gasteiger partial charge is 0.456 e. The van der Waals surface area contributed by atoms with E-state index in [1.165, 1.54) is 15.3 Å². The molecule has 0 amide bonds. The number of hydrogen-bond acceptors (Lipinski definition) is 5. The summed E-state index contributed by atoms with van der Waals surface area (Å²) in [5.41, 5.74) is 2.63. The molecule has 1 atom stereocenters. The number of carbonyl (C=O) groups is 1. The van der Waals surface area contributed by atoms with Gasteiger partial charge in [-0.1, -0.05) is 13.0 Å². The van der Waals surface area contributed by atoms with Crippen molar-refractivity contribution in [2.75, 3.05) is 0 Å². The van der Waals surface area contributed by atoms with Gasteiger partial charge in [0.25, 0.3) is 5.56 Å². The van der Waals surface area contributed by atoms with Crippen LogP contribution in [-0.4, -0.2) is 15.4 Å². The number of nitrogens with zero attached hydrogens (tertiary/aromatic N) is 2. The second-order valence-electron chi connectivity index (χ2n) is 6.49. The zero-order valence-electron chi connectivity index (χ0n) is 13.9. The molecular weight excluding hydrogens is 336 g/mol. The quantitative estimate of drug-likeness (QED) is 0.678. The van der Waals surface area contributed by atoms with Crippen molar-refractivity contribution < 1.29 is 9.53 Å². The highest BCUT2D eigenvalue weighted by atomic mass is 32.1. The van der Waals surface area contributed by atoms with Crippen LogP contribution in [-0.2, 0) is 24.2 Å². The van der Waals surface area contributed by atoms with Gasteiger partial charge in [0.05, 0.1) is 11.3 Å². The first kappa shape index (κ1) is 16.0. The Hall–Kier alpha value is -2.47. The van der Waals surface area contributed by atoms with Crippen molar-refractivity contribution in [2.24, 2.45) is 5.92 Å². The molecule has 5 nitrogen and oxygen atoms in total. The lowest BCUT2D eigenvalue weighted by Crippen LogP contribution is -2.17. The van der Waals surface area contributed by atoms with Crippen LogP contribution in [0.4, 0.5) is 0 Å². The Morgan fingerprint density at radius 3 is 3.20 bits per heavy atom. The molecule has 0 saturated carbocycles. The predicted molar refractivity (Wildman–Crippen MR) is 96.1 cm³/mol. The molecule has 0 fully saturated rings. The monoisotopic (exact) mass is 354 g/mol. The molecule has 0 saturated heterocycles. The molecule has 1 aliphatic carbocycles. The van der Waals surface area contributed by atoms with Crippen molar-refractivity contribution in [3.05, 3.63) is 67.9 Å². The molecule has 25 heavy (non-hydrogen) atoms. The van der Waals surface area contributed by atoms with E-state index in [0.29, 0.717) is 22.8 Å². The molecule has 0 aliphatic heterocycles. The maximum absolute atomic E-state index is 12.5. The van der Waals surface area contributed by atoms with E-state index in [1.54, 1.807) is 29.7 Å². The predicted octanol–water partition coefficient (Wildman–Crippen LogP) is 3.24. The second kappa shape index (κ2) is 6.44. The number of carbonyl (C=O) groups excluding carboxylic acids is 1. The summed E-state index contributed by atoms with van der Waals surface area (Å²) >= 11 is 1.64. The standard InChI is InChI=1S/C19H18N2O3S/c1-12-5-6-14-15(11-25-16(14)8-12)19(23)24-10-13-9-18(22)21-7-3-2-4-17(21)20-13/h2-4,7,9,11-12H,5-6,8,10H2,1H3. The third-order valence-electron chi connectivity index (χ3n) is 4.60. The molecule has 1 aliphatic rings. The number of thiophene rings is 1. The summed E-state index contributed by atoms with van der Waals surface area (Å²) < 4.78 is 6.89. The van der Waals surface area contributed by atoms with Gasteiger partial charge in [-0.2, -0.15) is 0 Å². The molecule has 0 radical (unpaired) electrons. The van der Waals surface area contributed by atoms with Crippen LogP contribution in [0.3, 0.4) is 0 Å². The molecular formula is C19H18N2O3S. The Kier molecular flexibility index (Phi) is 4.13. The third-order valence-corrected chi connectivity index (χ3v) is 5.65. The first-order valence-electron chi connectivity index (χ1n) is 8.35. The minimum absolute atomic E-state index is 0.000487. The van der Waals surface area contributed by atoms with Gasteiger partial charge in [-0.15, -0.1) is 11.3 Å². The molecule has 0 aromatic carbocycles. The second-order valence-corrected chi connectivity index (χ2v) is 7.45. The van der Waals surface area contributed by atoms with Gasteiger partial charge in [0, 0.05) is 22.5 Å². The number of fused-ring (bicyclic) bond motifs is 2. The topological polar surface area (TPSA) is 60.7 Å². The first-order chi connectivity index (χ1) is 12.1. The van der Waals surface area contributed by atoms with Crippen LogP contribution in [0.25, 0.3) is 5.65 Å². The number of esters is 1. The summed E-state index contributed by atoms with van der Waals surface area (Å²) in [6.07, 6.45) is 4.74. The van der Waals surface area contributed by atoms with E-state index in [2.05, 4.69) is 11.9 Å². The number of ether oxygens (including phenoxy) is 1. The van der Waals surface area contributed by atoms with E-state index in [1.807, 2.05) is 11.4 Å². The highest BCUT2D eigenvalue weighted by molar-refractivity contribution is 7.10. The zero-order valence-corrected chi connectivity index (χ0v) is 14.7. The lowest BCUT2D eigenvalue weighted by molar-refractivity contribution is 0.0466. The SMILES string of the molecule is CC1CCc2c(C(=O)OCc3cc(=O)n4ccccc4n3)csc2C1. The fourth-order valence-corrected chi connectivity index (χ4v) is 4.48. The van der Waals surface area contributed by atoms with Crippen LogP contribution >= 0.6 is 11.3 Å². The fraction of sp³-hybridized carbons (Fsp3) is 0.316. The highest BCUT2D eigenvalue weighted by Gasteiger charge is 2.24. The van der Waals surface area contributed by atoms with Gasteiger partial charge in [0.1, 0.15) is 12.3 Å². The first-order valence-corrected chi connectivity index (χ1v) is 9.23. The summed E-state index contributed by atoms with van der Waals surface area (Å²) in [6, 6.07) is 6.75. The number of pyridine rings is 1. The summed E-state index contributed by atoms with van der Waals surface area (Å²) in [5.74, 6) is 0.340. The minimum Gasteiger partial charge on any atom is -0.456 e. The molecule has 3 aromatic rings. The van der Waals surface area contributed by atoms with Gasteiger partial charge < -0.3 is 4.74 Å². The maximum atomic E-state index is 12.5. The Bertz CT molecular complexity index is 1010. The van der Waals surface area contributed by atoms with Crippen LogP contribution < -0.4 is 5.56 Å². The highest BCUT2D eigenvalue weighted by Crippen LogP contribution is 2.33. The maximum Gasteiger partial charge on any atom is 0.339 e. The van der Waals surface area contributed by atoms with Crippen molar-refractivity contribution in [1.29, 1.82) is 0 Å². The Morgan fingerprint density at radius 2 is 2.32 bits per heavy atom. The molecule has 0 spiro atoms. The van der Waals surface area contributed by atoms with Crippen molar-refractivity contribution in [2.45, 2.75) is 32.8 Å². The molecule has 3 aromatic heterocycles. The number of aromatic nitrogens is 2. The van der Waals surface area contributed by atoms with Crippen LogP contribution in [0.2, 0.25) is 0 Å². The van der Waals surface area contributed by atoms with Crippen molar-refractivity contribution in [3.63, 3.8) is 0 Å². The normalized spacial score (nSPS) is 16.6. The minimum atomic E-state index is -0.331. The van der Waals surface area contributed by atoms with Crippen molar-refractivity contribution in [1.82, 2.24) is 9.38 Å². The average Bonchev–Trinajstić information content (AvgIpc) is 3.03. The fourth-order valence-electron chi connectivity index (χ4n) is 3.24. The zero-order chi connectivity index (χ0) is 17.4. The number of hydrogen-bond donors (Lipinski definition) is 0. The lowest BCUT2D eigenvalue weighted by Gasteiger charge is -2.18. The van der Waals surface area contributed by atoms with Gasteiger partial charge in [0.15, 0.2) is 0 Å². The van der Waals surface area contributed by atoms with Crippen LogP contribution in [0.15, 0.2) is 40.6 Å². The van der Waals surface area contributed by atoms with Gasteiger partial charge in [-0.25, -0.2) is 9.78 Å². The molecule has 4 rings (SSSR count). The van der Waals surface area contributed by atoms with Crippen LogP contribution in [0.5, 0.6) is 0 Å². The van der Waals surface area contributed by atoms with Gasteiger partial charge in [0.2, 0.25) is 0 Å². The molecule has 128 valence electrons. The van der Waals surface area contributed by atoms with Crippen molar-refractivity contribution in [3.8, 4) is 0 Å². The number of rotatable bonds is 3. The summed E-state index contributed by atoms with van der Waals surface area (Å²) in [5, 5.41) is 1.90. The lowest BCUT2D eigenvalue weighted by atomic mass is 9.88. The molecule has 3 heterocycles. The van der Waals surface area contributed by atoms with E-state index in [9.17, 15) is 9.59 Å². The van der Waals surface area contributed by atoms with E-state index >= 15 is 0 Å². The molecule has 0 N–H and O–H groups in total. The van der Waals surface area contributed by atoms with Crippen LogP contribution in [0, 0.1) is 5.92 Å². The van der Waals surface area contributed by atoms with Crippen molar-refractivity contribution >= 4 is 23.0 Å². The van der Waals surface area contributed by atoms with E-state index in [0.717, 1.165) is 24.8 Å².